The molecule has 2 rings (SSSR count). The van der Waals surface area contributed by atoms with Crippen LogP contribution in [0.15, 0.2) is 6.07 Å². The largest absolute Gasteiger partial charge is 0.349 e. The van der Waals surface area contributed by atoms with Gasteiger partial charge < -0.3 is 5.32 Å². The topological polar surface area (TPSA) is 72.7 Å². The van der Waals surface area contributed by atoms with Crippen LogP contribution < -0.4 is 5.32 Å². The molecule has 7 heteroatoms. The van der Waals surface area contributed by atoms with Crippen LogP contribution in [0.4, 0.5) is 0 Å². The Morgan fingerprint density at radius 1 is 1.32 bits per heavy atom. The second-order valence-electron chi connectivity index (χ2n) is 5.89. The van der Waals surface area contributed by atoms with E-state index in [1.165, 1.54) is 0 Å². The second kappa shape index (κ2) is 7.00. The van der Waals surface area contributed by atoms with Gasteiger partial charge in [-0.25, -0.2) is 0 Å². The van der Waals surface area contributed by atoms with Crippen LogP contribution in [0.3, 0.4) is 0 Å². The first kappa shape index (κ1) is 16.6. The van der Waals surface area contributed by atoms with Crippen molar-refractivity contribution in [1.29, 1.82) is 0 Å². The predicted octanol–water partition coefficient (Wildman–Crippen LogP) is 2.74. The van der Waals surface area contributed by atoms with E-state index < -0.39 is 0 Å². The monoisotopic (exact) mass is 321 g/mol. The molecule has 0 radical (unpaired) electrons. The molecule has 0 aliphatic carbocycles. The molecule has 1 unspecified atom stereocenters. The van der Waals surface area contributed by atoms with Crippen molar-refractivity contribution in [3.05, 3.63) is 27.5 Å². The normalized spacial score (nSPS) is 12.6. The smallest absolute Gasteiger partial charge is 0.222 e. The highest BCUT2D eigenvalue weighted by atomic mass is 32.1. The molecule has 0 fully saturated rings. The fourth-order valence-electron chi connectivity index (χ4n) is 2.26. The van der Waals surface area contributed by atoms with Gasteiger partial charge in [0.2, 0.25) is 5.91 Å². The number of rotatable bonds is 6. The van der Waals surface area contributed by atoms with Crippen LogP contribution in [-0.2, 0) is 11.3 Å². The molecule has 6 nitrogen and oxygen atoms in total. The Labute approximate surface area is 135 Å². The van der Waals surface area contributed by atoms with E-state index >= 15 is 0 Å². The van der Waals surface area contributed by atoms with Gasteiger partial charge >= 0.3 is 0 Å². The molecular formula is C15H23N5OS. The van der Waals surface area contributed by atoms with Crippen molar-refractivity contribution in [2.24, 2.45) is 0 Å². The van der Waals surface area contributed by atoms with Crippen molar-refractivity contribution in [2.45, 2.75) is 59.5 Å². The van der Waals surface area contributed by atoms with Gasteiger partial charge in [0.25, 0.3) is 0 Å². The number of carbonyl (C=O) groups excluding carboxylic acids is 1. The summed E-state index contributed by atoms with van der Waals surface area (Å²) in [4.78, 5) is 12.1. The van der Waals surface area contributed by atoms with Gasteiger partial charge in [0.1, 0.15) is 10.0 Å². The maximum atomic E-state index is 12.1. The van der Waals surface area contributed by atoms with Crippen LogP contribution >= 0.6 is 11.3 Å². The van der Waals surface area contributed by atoms with Gasteiger partial charge in [-0.1, -0.05) is 25.2 Å². The number of hydrogen-bond donors (Lipinski definition) is 1. The maximum Gasteiger partial charge on any atom is 0.222 e. The van der Waals surface area contributed by atoms with Crippen LogP contribution in [0, 0.1) is 13.8 Å². The van der Waals surface area contributed by atoms with Crippen LogP contribution in [0.2, 0.25) is 0 Å². The lowest BCUT2D eigenvalue weighted by Gasteiger charge is -2.13. The van der Waals surface area contributed by atoms with Gasteiger partial charge in [-0.15, -0.1) is 10.2 Å². The molecule has 22 heavy (non-hydrogen) atoms. The van der Waals surface area contributed by atoms with Gasteiger partial charge in [-0.3, -0.25) is 9.48 Å². The zero-order valence-corrected chi connectivity index (χ0v) is 14.6. The molecule has 0 saturated carbocycles. The summed E-state index contributed by atoms with van der Waals surface area (Å²) < 4.78 is 1.90. The maximum absolute atomic E-state index is 12.1. The summed E-state index contributed by atoms with van der Waals surface area (Å²) in [7, 11) is 0. The van der Waals surface area contributed by atoms with E-state index in [9.17, 15) is 4.79 Å². The van der Waals surface area contributed by atoms with Crippen molar-refractivity contribution >= 4 is 17.2 Å². The Kier molecular flexibility index (Phi) is 5.28. The van der Waals surface area contributed by atoms with Crippen molar-refractivity contribution < 1.29 is 4.79 Å². The first-order chi connectivity index (χ1) is 10.4. The molecule has 0 aliphatic rings. The highest BCUT2D eigenvalue weighted by Gasteiger charge is 2.14. The fraction of sp³-hybridized carbons (Fsp3) is 0.600. The van der Waals surface area contributed by atoms with Crippen molar-refractivity contribution in [3.8, 4) is 0 Å². The Morgan fingerprint density at radius 2 is 2.05 bits per heavy atom. The molecule has 1 amide bonds. The minimum absolute atomic E-state index is 0.00125. The first-order valence-corrected chi connectivity index (χ1v) is 8.30. The molecule has 0 bridgehead atoms. The molecule has 0 saturated heterocycles. The third-order valence-electron chi connectivity index (χ3n) is 3.36. The van der Waals surface area contributed by atoms with Crippen molar-refractivity contribution in [3.63, 3.8) is 0 Å². The number of hydrogen-bond acceptors (Lipinski definition) is 5. The zero-order valence-electron chi connectivity index (χ0n) is 13.8. The Morgan fingerprint density at radius 3 is 2.59 bits per heavy atom. The summed E-state index contributed by atoms with van der Waals surface area (Å²) in [6.07, 6.45) is 0.401. The second-order valence-corrected chi connectivity index (χ2v) is 6.98. The van der Waals surface area contributed by atoms with E-state index in [0.717, 1.165) is 21.4 Å². The Balaban J connectivity index is 1.86. The van der Waals surface area contributed by atoms with E-state index in [-0.39, 0.29) is 11.9 Å². The summed E-state index contributed by atoms with van der Waals surface area (Å²) in [6, 6.07) is 2.05. The molecule has 0 aromatic carbocycles. The number of nitrogens with zero attached hydrogens (tertiary/aromatic N) is 4. The molecule has 0 aliphatic heterocycles. The minimum Gasteiger partial charge on any atom is -0.349 e. The molecule has 2 aromatic rings. The SMILES string of the molecule is Cc1cc(C)n(C(C)CC(=O)NCc2nnc(C(C)C)s2)n1. The quantitative estimate of drug-likeness (QED) is 0.888. The Hall–Kier alpha value is -1.76. The number of aromatic nitrogens is 4. The predicted molar refractivity (Wildman–Crippen MR) is 86.9 cm³/mol. The van der Waals surface area contributed by atoms with Crippen molar-refractivity contribution in [2.75, 3.05) is 0 Å². The van der Waals surface area contributed by atoms with Gasteiger partial charge in [0.15, 0.2) is 0 Å². The zero-order chi connectivity index (χ0) is 16.3. The summed E-state index contributed by atoms with van der Waals surface area (Å²) in [5, 5.41) is 17.4. The van der Waals surface area contributed by atoms with Gasteiger partial charge in [-0.2, -0.15) is 5.10 Å². The summed E-state index contributed by atoms with van der Waals surface area (Å²) in [6.45, 7) is 10.6. The van der Waals surface area contributed by atoms with Gasteiger partial charge in [-0.05, 0) is 26.8 Å². The average molecular weight is 321 g/mol. The van der Waals surface area contributed by atoms with E-state index in [0.29, 0.717) is 18.9 Å². The standard InChI is InChI=1S/C15H23N5OS/c1-9(2)15-18-17-14(22-15)8-16-13(21)7-12(5)20-11(4)6-10(3)19-20/h6,9,12H,7-8H2,1-5H3,(H,16,21). The van der Waals surface area contributed by atoms with E-state index in [4.69, 9.17) is 0 Å². The van der Waals surface area contributed by atoms with Crippen molar-refractivity contribution in [1.82, 2.24) is 25.3 Å². The molecule has 2 aromatic heterocycles. The van der Waals surface area contributed by atoms with Gasteiger partial charge in [0, 0.05) is 18.0 Å². The van der Waals surface area contributed by atoms with Gasteiger partial charge in [0.05, 0.1) is 18.3 Å². The van der Waals surface area contributed by atoms with Crippen LogP contribution in [0.25, 0.3) is 0 Å². The molecular weight excluding hydrogens is 298 g/mol. The molecule has 0 spiro atoms. The Bertz CT molecular complexity index is 646. The third kappa shape index (κ3) is 4.13. The van der Waals surface area contributed by atoms with E-state index in [1.807, 2.05) is 31.5 Å². The van der Waals surface area contributed by atoms with Crippen LogP contribution in [0.1, 0.15) is 60.6 Å². The van der Waals surface area contributed by atoms with Crippen LogP contribution in [0.5, 0.6) is 0 Å². The average Bonchev–Trinajstić information content (AvgIpc) is 3.03. The lowest BCUT2D eigenvalue weighted by atomic mass is 10.2. The number of aryl methyl sites for hydroxylation is 2. The molecule has 1 N–H and O–H groups in total. The summed E-state index contributed by atoms with van der Waals surface area (Å²) in [5.41, 5.74) is 2.04. The third-order valence-corrected chi connectivity index (χ3v) is 4.58. The summed E-state index contributed by atoms with van der Waals surface area (Å²) >= 11 is 1.55. The molecule has 1 atom stereocenters. The van der Waals surface area contributed by atoms with Crippen LogP contribution in [-0.4, -0.2) is 25.9 Å². The number of nitrogens with one attached hydrogen (secondary N) is 1. The fourth-order valence-corrected chi connectivity index (χ4v) is 3.05. The van der Waals surface area contributed by atoms with E-state index in [1.54, 1.807) is 11.3 Å². The highest BCUT2D eigenvalue weighted by molar-refractivity contribution is 7.11. The lowest BCUT2D eigenvalue weighted by molar-refractivity contribution is -0.122. The number of amides is 1. The highest BCUT2D eigenvalue weighted by Crippen LogP contribution is 2.19. The summed E-state index contributed by atoms with van der Waals surface area (Å²) in [5.74, 6) is 0.370. The molecule has 2 heterocycles. The lowest BCUT2D eigenvalue weighted by Crippen LogP contribution is -2.26. The molecule has 120 valence electrons. The number of carbonyl (C=O) groups is 1. The minimum atomic E-state index is 0.00125. The first-order valence-electron chi connectivity index (χ1n) is 7.48. The van der Waals surface area contributed by atoms with E-state index in [2.05, 4.69) is 34.5 Å².